The highest BCUT2D eigenvalue weighted by molar-refractivity contribution is 6.31. The summed E-state index contributed by atoms with van der Waals surface area (Å²) in [5.74, 6) is 7.30. The first kappa shape index (κ1) is 16.3. The Labute approximate surface area is 137 Å². The first-order valence-corrected chi connectivity index (χ1v) is 7.77. The van der Waals surface area contributed by atoms with E-state index in [1.54, 1.807) is 7.11 Å². The van der Waals surface area contributed by atoms with Crippen molar-refractivity contribution in [3.63, 3.8) is 0 Å². The third-order valence-electron chi connectivity index (χ3n) is 3.26. The molecule has 0 amide bonds. The van der Waals surface area contributed by atoms with Crippen LogP contribution in [0.15, 0.2) is 48.5 Å². The summed E-state index contributed by atoms with van der Waals surface area (Å²) >= 11 is 6.14. The van der Waals surface area contributed by atoms with E-state index in [1.807, 2.05) is 48.5 Å². The molecule has 0 aliphatic rings. The Balaban J connectivity index is 2.11. The van der Waals surface area contributed by atoms with Crippen molar-refractivity contribution in [2.45, 2.75) is 25.8 Å². The summed E-state index contributed by atoms with van der Waals surface area (Å²) in [5.41, 5.74) is 1.90. The van der Waals surface area contributed by atoms with E-state index in [4.69, 9.17) is 16.3 Å². The molecule has 0 aliphatic heterocycles. The second kappa shape index (κ2) is 8.36. The van der Waals surface area contributed by atoms with Crippen molar-refractivity contribution in [2.75, 3.05) is 12.4 Å². The van der Waals surface area contributed by atoms with Gasteiger partial charge < -0.3 is 10.1 Å². The molecule has 0 saturated carbocycles. The van der Waals surface area contributed by atoms with Crippen molar-refractivity contribution in [1.82, 2.24) is 0 Å². The fourth-order valence-corrected chi connectivity index (χ4v) is 2.27. The highest BCUT2D eigenvalue weighted by Gasteiger charge is 2.04. The number of hydrogen-bond acceptors (Lipinski definition) is 2. The minimum atomic E-state index is 0.0923. The Bertz CT molecular complexity index is 655. The lowest BCUT2D eigenvalue weighted by Crippen LogP contribution is -2.16. The van der Waals surface area contributed by atoms with Crippen LogP contribution in [0.3, 0.4) is 0 Å². The molecule has 0 heterocycles. The van der Waals surface area contributed by atoms with Gasteiger partial charge >= 0.3 is 0 Å². The number of ether oxygens (including phenoxy) is 1. The molecule has 0 saturated heterocycles. The topological polar surface area (TPSA) is 21.3 Å². The van der Waals surface area contributed by atoms with Gasteiger partial charge in [-0.2, -0.15) is 0 Å². The molecular formula is C19H20ClNO. The Morgan fingerprint density at radius 1 is 1.14 bits per heavy atom. The number of halogens is 1. The zero-order valence-electron chi connectivity index (χ0n) is 12.9. The second-order valence-corrected chi connectivity index (χ2v) is 5.37. The van der Waals surface area contributed by atoms with E-state index in [-0.39, 0.29) is 6.04 Å². The largest absolute Gasteiger partial charge is 0.497 e. The minimum Gasteiger partial charge on any atom is -0.497 e. The third kappa shape index (κ3) is 4.72. The first-order valence-electron chi connectivity index (χ1n) is 7.39. The van der Waals surface area contributed by atoms with Crippen LogP contribution in [0.5, 0.6) is 5.75 Å². The molecule has 1 N–H and O–H groups in total. The predicted molar refractivity (Wildman–Crippen MR) is 93.6 cm³/mol. The summed E-state index contributed by atoms with van der Waals surface area (Å²) < 4.78 is 5.17. The fourth-order valence-electron chi connectivity index (χ4n) is 2.08. The maximum absolute atomic E-state index is 6.14. The number of rotatable bonds is 5. The molecule has 2 aromatic carbocycles. The summed E-state index contributed by atoms with van der Waals surface area (Å²) in [4.78, 5) is 0. The molecule has 0 radical (unpaired) electrons. The first-order chi connectivity index (χ1) is 10.7. The molecule has 0 bridgehead atoms. The van der Waals surface area contributed by atoms with Gasteiger partial charge in [-0.3, -0.25) is 0 Å². The molecule has 0 spiro atoms. The van der Waals surface area contributed by atoms with E-state index >= 15 is 0 Å². The van der Waals surface area contributed by atoms with Gasteiger partial charge in [-0.25, -0.2) is 0 Å². The van der Waals surface area contributed by atoms with Gasteiger partial charge in [0, 0.05) is 11.3 Å². The molecule has 114 valence electrons. The lowest BCUT2D eigenvalue weighted by Gasteiger charge is -2.14. The summed E-state index contributed by atoms with van der Waals surface area (Å²) in [6.45, 7) is 2.15. The fraction of sp³-hybridized carbons (Fsp3) is 0.263. The van der Waals surface area contributed by atoms with Gasteiger partial charge in [0.2, 0.25) is 0 Å². The summed E-state index contributed by atoms with van der Waals surface area (Å²) in [7, 11) is 1.66. The van der Waals surface area contributed by atoms with Crippen molar-refractivity contribution in [3.8, 4) is 17.6 Å². The van der Waals surface area contributed by atoms with E-state index in [0.717, 1.165) is 29.8 Å². The van der Waals surface area contributed by atoms with Crippen LogP contribution in [0.1, 0.15) is 25.3 Å². The number of hydrogen-bond donors (Lipinski definition) is 1. The van der Waals surface area contributed by atoms with Gasteiger partial charge in [0.05, 0.1) is 18.2 Å². The van der Waals surface area contributed by atoms with Crippen LogP contribution in [0.4, 0.5) is 5.69 Å². The average Bonchev–Trinajstić information content (AvgIpc) is 2.55. The van der Waals surface area contributed by atoms with Crippen LogP contribution in [-0.2, 0) is 0 Å². The van der Waals surface area contributed by atoms with Crippen LogP contribution in [-0.4, -0.2) is 13.2 Å². The van der Waals surface area contributed by atoms with E-state index in [1.165, 1.54) is 0 Å². The van der Waals surface area contributed by atoms with Crippen LogP contribution < -0.4 is 10.1 Å². The second-order valence-electron chi connectivity index (χ2n) is 4.96. The SMILES string of the molecule is CCC[C@@H](C#Cc1ccccc1Cl)Nc1ccc(OC)cc1. The van der Waals surface area contributed by atoms with E-state index < -0.39 is 0 Å². The Morgan fingerprint density at radius 3 is 2.50 bits per heavy atom. The van der Waals surface area contributed by atoms with Gasteiger partial charge in [-0.15, -0.1) is 0 Å². The van der Waals surface area contributed by atoms with Crippen LogP contribution >= 0.6 is 11.6 Å². The summed E-state index contributed by atoms with van der Waals surface area (Å²) in [6.07, 6.45) is 2.04. The van der Waals surface area contributed by atoms with E-state index in [0.29, 0.717) is 5.02 Å². The minimum absolute atomic E-state index is 0.0923. The predicted octanol–water partition coefficient (Wildman–Crippen LogP) is 4.98. The lowest BCUT2D eigenvalue weighted by molar-refractivity contribution is 0.415. The Hall–Kier alpha value is -2.11. The van der Waals surface area contributed by atoms with Gasteiger partial charge in [0.1, 0.15) is 5.75 Å². The zero-order chi connectivity index (χ0) is 15.8. The Kier molecular flexibility index (Phi) is 6.18. The van der Waals surface area contributed by atoms with Crippen LogP contribution in [0.2, 0.25) is 5.02 Å². The molecule has 0 aromatic heterocycles. The number of methoxy groups -OCH3 is 1. The standard InChI is InChI=1S/C19H20ClNO/c1-3-6-16(10-9-15-7-4-5-8-19(15)20)21-17-11-13-18(22-2)14-12-17/h4-5,7-8,11-14,16,21H,3,6H2,1-2H3/t16-/m0/s1. The van der Waals surface area contributed by atoms with Crippen molar-refractivity contribution in [1.29, 1.82) is 0 Å². The van der Waals surface area contributed by atoms with Crippen molar-refractivity contribution >= 4 is 17.3 Å². The summed E-state index contributed by atoms with van der Waals surface area (Å²) in [6, 6.07) is 15.6. The number of nitrogens with one attached hydrogen (secondary N) is 1. The van der Waals surface area contributed by atoms with E-state index in [9.17, 15) is 0 Å². The average molecular weight is 314 g/mol. The third-order valence-corrected chi connectivity index (χ3v) is 3.59. The molecule has 1 atom stereocenters. The quantitative estimate of drug-likeness (QED) is 0.786. The van der Waals surface area contributed by atoms with E-state index in [2.05, 4.69) is 24.1 Å². The van der Waals surface area contributed by atoms with Crippen LogP contribution in [0.25, 0.3) is 0 Å². The van der Waals surface area contributed by atoms with Crippen LogP contribution in [0, 0.1) is 11.8 Å². The van der Waals surface area contributed by atoms with Gasteiger partial charge in [0.15, 0.2) is 0 Å². The molecule has 3 heteroatoms. The van der Waals surface area contributed by atoms with Gasteiger partial charge in [-0.05, 0) is 42.8 Å². The number of anilines is 1. The monoisotopic (exact) mass is 313 g/mol. The zero-order valence-corrected chi connectivity index (χ0v) is 13.7. The highest BCUT2D eigenvalue weighted by atomic mass is 35.5. The van der Waals surface area contributed by atoms with Gasteiger partial charge in [0.25, 0.3) is 0 Å². The summed E-state index contributed by atoms with van der Waals surface area (Å²) in [5, 5.41) is 4.14. The highest BCUT2D eigenvalue weighted by Crippen LogP contribution is 2.17. The molecule has 2 nitrogen and oxygen atoms in total. The molecule has 0 aliphatic carbocycles. The molecular weight excluding hydrogens is 294 g/mol. The van der Waals surface area contributed by atoms with Crippen molar-refractivity contribution in [3.05, 3.63) is 59.1 Å². The smallest absolute Gasteiger partial charge is 0.119 e. The van der Waals surface area contributed by atoms with Crippen molar-refractivity contribution < 1.29 is 4.74 Å². The maximum atomic E-state index is 6.14. The molecule has 2 rings (SSSR count). The molecule has 22 heavy (non-hydrogen) atoms. The molecule has 2 aromatic rings. The lowest BCUT2D eigenvalue weighted by atomic mass is 10.1. The maximum Gasteiger partial charge on any atom is 0.119 e. The Morgan fingerprint density at radius 2 is 1.86 bits per heavy atom. The van der Waals surface area contributed by atoms with Gasteiger partial charge in [-0.1, -0.05) is 48.9 Å². The molecule has 0 unspecified atom stereocenters. The number of benzene rings is 2. The van der Waals surface area contributed by atoms with Crippen molar-refractivity contribution in [2.24, 2.45) is 0 Å². The molecule has 0 fully saturated rings. The normalized spacial score (nSPS) is 11.2.